The van der Waals surface area contributed by atoms with Gasteiger partial charge in [0.25, 0.3) is 5.91 Å². The van der Waals surface area contributed by atoms with E-state index in [1.165, 1.54) is 22.9 Å². The summed E-state index contributed by atoms with van der Waals surface area (Å²) in [4.78, 5) is 18.7. The molecule has 26 heavy (non-hydrogen) atoms. The molecule has 1 aromatic rings. The zero-order valence-corrected chi connectivity index (χ0v) is 17.4. The van der Waals surface area contributed by atoms with Crippen LogP contribution in [0.15, 0.2) is 23.2 Å². The quantitative estimate of drug-likeness (QED) is 0.785. The third-order valence-electron chi connectivity index (χ3n) is 4.97. The van der Waals surface area contributed by atoms with Gasteiger partial charge in [-0.2, -0.15) is 4.99 Å². The third-order valence-corrected chi connectivity index (χ3v) is 8.18. The highest BCUT2D eigenvalue weighted by Gasteiger charge is 2.50. The molecule has 0 unspecified atom stereocenters. The zero-order chi connectivity index (χ0) is 19.1. The highest BCUT2D eigenvalue weighted by molar-refractivity contribution is 8.16. The number of carbonyl (C=O) groups excluding carboxylic acids is 1. The zero-order valence-electron chi connectivity index (χ0n) is 15.7. The van der Waals surface area contributed by atoms with Crippen molar-refractivity contribution in [2.45, 2.75) is 51.8 Å². The molecule has 0 aliphatic carbocycles. The lowest BCUT2D eigenvalue weighted by molar-refractivity contribution is -0.120. The van der Waals surface area contributed by atoms with E-state index in [2.05, 4.69) is 35.9 Å². The van der Waals surface area contributed by atoms with Gasteiger partial charge in [0.2, 0.25) is 0 Å². The molecule has 0 radical (unpaired) electrons. The number of fused-ring (bicyclic) bond motifs is 1. The van der Waals surface area contributed by atoms with Crippen LogP contribution in [0.1, 0.15) is 38.8 Å². The summed E-state index contributed by atoms with van der Waals surface area (Å²) in [6, 6.07) is 6.06. The second-order valence-corrected chi connectivity index (χ2v) is 10.6. The Bertz CT molecular complexity index is 824. The number of thioether (sulfide) groups is 1. The molecule has 2 fully saturated rings. The van der Waals surface area contributed by atoms with Crippen LogP contribution in [0.3, 0.4) is 0 Å². The van der Waals surface area contributed by atoms with Gasteiger partial charge in [0.05, 0.1) is 17.5 Å². The van der Waals surface area contributed by atoms with Crippen molar-refractivity contribution in [3.63, 3.8) is 0 Å². The molecule has 2 heterocycles. The minimum absolute atomic E-state index is 0.0617. The van der Waals surface area contributed by atoms with Crippen molar-refractivity contribution in [2.24, 2.45) is 10.9 Å². The Kier molecular flexibility index (Phi) is 5.49. The predicted molar refractivity (Wildman–Crippen MR) is 109 cm³/mol. The first kappa shape index (κ1) is 19.4. The molecule has 1 amide bonds. The minimum atomic E-state index is -3.06. The molecule has 0 spiro atoms. The van der Waals surface area contributed by atoms with Gasteiger partial charge in [-0.25, -0.2) is 8.42 Å². The van der Waals surface area contributed by atoms with Crippen molar-refractivity contribution in [3.8, 4) is 0 Å². The number of hydrogen-bond donors (Lipinski definition) is 0. The van der Waals surface area contributed by atoms with E-state index in [9.17, 15) is 13.2 Å². The van der Waals surface area contributed by atoms with Gasteiger partial charge in [-0.3, -0.25) is 4.79 Å². The van der Waals surface area contributed by atoms with E-state index in [1.807, 2.05) is 19.9 Å². The average Bonchev–Trinajstić information content (AvgIpc) is 3.04. The topological polar surface area (TPSA) is 66.8 Å². The van der Waals surface area contributed by atoms with Crippen LogP contribution in [-0.2, 0) is 27.5 Å². The summed E-state index contributed by atoms with van der Waals surface area (Å²) >= 11 is 1.45. The normalized spacial score (nSPS) is 25.9. The molecule has 7 heteroatoms. The summed E-state index contributed by atoms with van der Waals surface area (Å²) in [5, 5.41) is 0.595. The fourth-order valence-corrected chi connectivity index (χ4v) is 7.48. The predicted octanol–water partition coefficient (Wildman–Crippen LogP) is 3.07. The molecule has 2 aliphatic rings. The SMILES string of the molecule is CCc1cccc(CC)c1N1C(=NC(=O)C(C)C)S[C@@H]2CS(=O)(=O)C[C@H]21. The van der Waals surface area contributed by atoms with Crippen LogP contribution >= 0.6 is 11.8 Å². The van der Waals surface area contributed by atoms with Crippen molar-refractivity contribution in [1.29, 1.82) is 0 Å². The number of amidine groups is 1. The van der Waals surface area contributed by atoms with Gasteiger partial charge in [-0.15, -0.1) is 0 Å². The molecule has 0 aromatic heterocycles. The number of carbonyl (C=O) groups is 1. The Morgan fingerprint density at radius 2 is 1.85 bits per heavy atom. The van der Waals surface area contributed by atoms with Crippen LogP contribution in [0.5, 0.6) is 0 Å². The maximum Gasteiger partial charge on any atom is 0.250 e. The second kappa shape index (κ2) is 7.35. The summed E-state index contributed by atoms with van der Waals surface area (Å²) in [6.07, 6.45) is 1.69. The lowest BCUT2D eigenvalue weighted by Crippen LogP contribution is -2.39. The Morgan fingerprint density at radius 3 is 2.38 bits per heavy atom. The van der Waals surface area contributed by atoms with Crippen molar-refractivity contribution in [3.05, 3.63) is 29.3 Å². The molecule has 2 atom stereocenters. The van der Waals surface area contributed by atoms with Crippen LogP contribution < -0.4 is 4.90 Å². The Morgan fingerprint density at radius 1 is 1.23 bits per heavy atom. The van der Waals surface area contributed by atoms with Gasteiger partial charge in [0.1, 0.15) is 0 Å². The molecule has 0 saturated carbocycles. The van der Waals surface area contributed by atoms with E-state index < -0.39 is 9.84 Å². The molecular formula is C19H26N2O3S2. The largest absolute Gasteiger partial charge is 0.315 e. The number of aliphatic imine (C=N–C) groups is 1. The van der Waals surface area contributed by atoms with Crippen molar-refractivity contribution < 1.29 is 13.2 Å². The molecule has 3 rings (SSSR count). The number of aryl methyl sites for hydroxylation is 2. The van der Waals surface area contributed by atoms with E-state index in [-0.39, 0.29) is 34.6 Å². The molecule has 142 valence electrons. The summed E-state index contributed by atoms with van der Waals surface area (Å²) in [5.74, 6) is -0.0573. The number of hydrogen-bond acceptors (Lipinski definition) is 4. The molecule has 1 aromatic carbocycles. The number of nitrogens with zero attached hydrogens (tertiary/aromatic N) is 2. The highest BCUT2D eigenvalue weighted by atomic mass is 32.2. The number of anilines is 1. The van der Waals surface area contributed by atoms with Crippen molar-refractivity contribution in [1.82, 2.24) is 0 Å². The lowest BCUT2D eigenvalue weighted by Gasteiger charge is -2.29. The summed E-state index contributed by atoms with van der Waals surface area (Å²) in [6.45, 7) is 7.86. The fourth-order valence-electron chi connectivity index (χ4n) is 3.57. The molecule has 5 nitrogen and oxygen atoms in total. The van der Waals surface area contributed by atoms with Crippen LogP contribution in [-0.4, -0.2) is 42.3 Å². The number of sulfone groups is 1. The number of benzene rings is 1. The summed E-state index contributed by atoms with van der Waals surface area (Å²) < 4.78 is 24.4. The minimum Gasteiger partial charge on any atom is -0.315 e. The standard InChI is InChI=1S/C19H26N2O3S2/c1-5-13-8-7-9-14(6-2)17(13)21-15-10-26(23,24)11-16(15)25-19(21)20-18(22)12(3)4/h7-9,12,15-16H,5-6,10-11H2,1-4H3/t15-,16-/m1/s1. The van der Waals surface area contributed by atoms with E-state index in [0.29, 0.717) is 5.17 Å². The first-order valence-electron chi connectivity index (χ1n) is 9.17. The van der Waals surface area contributed by atoms with Gasteiger partial charge in [0.15, 0.2) is 15.0 Å². The third kappa shape index (κ3) is 3.56. The Labute approximate surface area is 160 Å². The van der Waals surface area contributed by atoms with E-state index in [0.717, 1.165) is 18.5 Å². The molecule has 0 bridgehead atoms. The van der Waals surface area contributed by atoms with Crippen LogP contribution in [0, 0.1) is 5.92 Å². The maximum absolute atomic E-state index is 12.3. The van der Waals surface area contributed by atoms with Crippen molar-refractivity contribution >= 4 is 38.4 Å². The van der Waals surface area contributed by atoms with Gasteiger partial charge in [-0.05, 0) is 24.0 Å². The lowest BCUT2D eigenvalue weighted by atomic mass is 10.0. The molecule has 2 aliphatic heterocycles. The van der Waals surface area contributed by atoms with Crippen LogP contribution in [0.2, 0.25) is 0 Å². The maximum atomic E-state index is 12.3. The van der Waals surface area contributed by atoms with E-state index >= 15 is 0 Å². The van der Waals surface area contributed by atoms with Crippen LogP contribution in [0.25, 0.3) is 0 Å². The summed E-state index contributed by atoms with van der Waals surface area (Å²) in [7, 11) is -3.06. The first-order chi connectivity index (χ1) is 12.3. The monoisotopic (exact) mass is 394 g/mol. The van der Waals surface area contributed by atoms with Crippen LogP contribution in [0.4, 0.5) is 5.69 Å². The van der Waals surface area contributed by atoms with Gasteiger partial charge >= 0.3 is 0 Å². The average molecular weight is 395 g/mol. The molecule has 2 saturated heterocycles. The Hall–Kier alpha value is -1.34. The summed E-state index contributed by atoms with van der Waals surface area (Å²) in [5.41, 5.74) is 3.38. The van der Waals surface area contributed by atoms with Gasteiger partial charge < -0.3 is 4.90 Å². The Balaban J connectivity index is 2.15. The van der Waals surface area contributed by atoms with E-state index in [1.54, 1.807) is 0 Å². The smallest absolute Gasteiger partial charge is 0.250 e. The molecule has 0 N–H and O–H groups in total. The number of amides is 1. The van der Waals surface area contributed by atoms with Crippen molar-refractivity contribution in [2.75, 3.05) is 16.4 Å². The number of rotatable bonds is 4. The molecular weight excluding hydrogens is 368 g/mol. The van der Waals surface area contributed by atoms with Gasteiger partial charge in [0, 0.05) is 16.9 Å². The van der Waals surface area contributed by atoms with E-state index in [4.69, 9.17) is 0 Å². The fraction of sp³-hybridized carbons (Fsp3) is 0.579. The second-order valence-electron chi connectivity index (χ2n) is 7.19. The highest BCUT2D eigenvalue weighted by Crippen LogP contribution is 2.43. The van der Waals surface area contributed by atoms with Gasteiger partial charge in [-0.1, -0.05) is 57.7 Å². The number of para-hydroxylation sites is 1. The first-order valence-corrected chi connectivity index (χ1v) is 11.9.